The van der Waals surface area contributed by atoms with Crippen molar-refractivity contribution >= 4 is 10.9 Å². The van der Waals surface area contributed by atoms with E-state index in [2.05, 4.69) is 36.6 Å². The highest BCUT2D eigenvalue weighted by Crippen LogP contribution is 2.29. The molecule has 2 rings (SSSR count). The van der Waals surface area contributed by atoms with Crippen LogP contribution >= 0.6 is 0 Å². The molecule has 0 amide bonds. The Bertz CT molecular complexity index is 543. The number of rotatable bonds is 4. The van der Waals surface area contributed by atoms with Crippen LogP contribution in [0.2, 0.25) is 0 Å². The largest absolute Gasteiger partial charge is 0.316 e. The summed E-state index contributed by atoms with van der Waals surface area (Å²) in [6.45, 7) is 8.21. The van der Waals surface area contributed by atoms with Gasteiger partial charge in [-0.2, -0.15) is 10.6 Å². The number of hydrogen-bond acceptors (Lipinski definition) is 3. The minimum absolute atomic E-state index is 0.178. The molecule has 98 valence electrons. The molecule has 1 aromatic carbocycles. The zero-order valence-electron chi connectivity index (χ0n) is 11.4. The zero-order valence-corrected chi connectivity index (χ0v) is 11.4. The molecular formula is C14H21N3O. The lowest BCUT2D eigenvalue weighted by Crippen LogP contribution is -2.44. The SMILES string of the molecule is CC(C)(CC(C)(C)n1ncc2ccccc21)NO. The summed E-state index contributed by atoms with van der Waals surface area (Å²) >= 11 is 0. The highest BCUT2D eigenvalue weighted by molar-refractivity contribution is 5.78. The maximum absolute atomic E-state index is 9.19. The molecule has 0 bridgehead atoms. The van der Waals surface area contributed by atoms with Crippen LogP contribution in [-0.4, -0.2) is 20.5 Å². The van der Waals surface area contributed by atoms with Gasteiger partial charge < -0.3 is 5.21 Å². The van der Waals surface area contributed by atoms with Crippen LogP contribution in [0.4, 0.5) is 0 Å². The van der Waals surface area contributed by atoms with Crippen LogP contribution < -0.4 is 5.48 Å². The average molecular weight is 247 g/mol. The van der Waals surface area contributed by atoms with Crippen LogP contribution in [0.5, 0.6) is 0 Å². The molecule has 0 fully saturated rings. The van der Waals surface area contributed by atoms with Gasteiger partial charge in [0.15, 0.2) is 0 Å². The van der Waals surface area contributed by atoms with Gasteiger partial charge in [-0.15, -0.1) is 0 Å². The second kappa shape index (κ2) is 4.37. The number of nitrogens with zero attached hydrogens (tertiary/aromatic N) is 2. The van der Waals surface area contributed by atoms with Crippen molar-refractivity contribution in [2.45, 2.75) is 45.2 Å². The van der Waals surface area contributed by atoms with E-state index >= 15 is 0 Å². The van der Waals surface area contributed by atoms with Crippen molar-refractivity contribution in [1.29, 1.82) is 0 Å². The normalized spacial score (nSPS) is 13.2. The maximum Gasteiger partial charge on any atom is 0.0688 e. The van der Waals surface area contributed by atoms with Crippen molar-refractivity contribution in [2.24, 2.45) is 0 Å². The summed E-state index contributed by atoms with van der Waals surface area (Å²) in [5.41, 5.74) is 2.96. The quantitative estimate of drug-likeness (QED) is 0.817. The lowest BCUT2D eigenvalue weighted by Gasteiger charge is -2.34. The predicted molar refractivity (Wildman–Crippen MR) is 72.7 cm³/mol. The van der Waals surface area contributed by atoms with Gasteiger partial charge in [0, 0.05) is 10.9 Å². The molecule has 0 radical (unpaired) electrons. The monoisotopic (exact) mass is 247 g/mol. The number of hydrogen-bond donors (Lipinski definition) is 2. The Labute approximate surface area is 108 Å². The molecule has 0 aliphatic rings. The Morgan fingerprint density at radius 3 is 2.56 bits per heavy atom. The molecule has 0 saturated heterocycles. The van der Waals surface area contributed by atoms with Gasteiger partial charge in [0.2, 0.25) is 0 Å². The average Bonchev–Trinajstić information content (AvgIpc) is 2.72. The molecule has 4 nitrogen and oxygen atoms in total. The molecule has 0 aliphatic heterocycles. The van der Waals surface area contributed by atoms with E-state index in [4.69, 9.17) is 0 Å². The summed E-state index contributed by atoms with van der Waals surface area (Å²) in [6, 6.07) is 8.17. The molecule has 4 heteroatoms. The van der Waals surface area contributed by atoms with E-state index in [0.29, 0.717) is 0 Å². The van der Waals surface area contributed by atoms with E-state index in [-0.39, 0.29) is 11.1 Å². The predicted octanol–water partition coefficient (Wildman–Crippen LogP) is 2.92. The van der Waals surface area contributed by atoms with Crippen molar-refractivity contribution in [3.8, 4) is 0 Å². The first-order valence-corrected chi connectivity index (χ1v) is 6.20. The van der Waals surface area contributed by atoms with Crippen LogP contribution in [0, 0.1) is 0 Å². The molecule has 2 N–H and O–H groups in total. The van der Waals surface area contributed by atoms with E-state index in [1.807, 2.05) is 36.9 Å². The standard InChI is InChI=1S/C14H21N3O/c1-13(2,16-18)10-14(3,4)17-12-8-6-5-7-11(12)9-15-17/h5-9,16,18H,10H2,1-4H3. The van der Waals surface area contributed by atoms with Crippen LogP contribution in [0.25, 0.3) is 10.9 Å². The van der Waals surface area contributed by atoms with E-state index in [1.54, 1.807) is 0 Å². The fraction of sp³-hybridized carbons (Fsp3) is 0.500. The van der Waals surface area contributed by atoms with Gasteiger partial charge in [0.05, 0.1) is 17.3 Å². The van der Waals surface area contributed by atoms with Crippen molar-refractivity contribution in [2.75, 3.05) is 0 Å². The molecule has 0 unspecified atom stereocenters. The number of hydroxylamine groups is 1. The molecule has 0 atom stereocenters. The summed E-state index contributed by atoms with van der Waals surface area (Å²) in [5.74, 6) is 0. The Balaban J connectivity index is 2.40. The van der Waals surface area contributed by atoms with Gasteiger partial charge in [-0.05, 0) is 40.2 Å². The first kappa shape index (κ1) is 13.1. The van der Waals surface area contributed by atoms with Crippen LogP contribution in [0.15, 0.2) is 30.5 Å². The first-order valence-electron chi connectivity index (χ1n) is 6.20. The number of fused-ring (bicyclic) bond motifs is 1. The lowest BCUT2D eigenvalue weighted by molar-refractivity contribution is 0.0532. The highest BCUT2D eigenvalue weighted by atomic mass is 16.5. The topological polar surface area (TPSA) is 50.1 Å². The molecule has 1 heterocycles. The number of benzene rings is 1. The molecule has 2 aromatic rings. The van der Waals surface area contributed by atoms with Gasteiger partial charge >= 0.3 is 0 Å². The van der Waals surface area contributed by atoms with E-state index < -0.39 is 0 Å². The number of nitrogens with one attached hydrogen (secondary N) is 1. The summed E-state index contributed by atoms with van der Waals surface area (Å²) < 4.78 is 2.03. The van der Waals surface area contributed by atoms with Gasteiger partial charge in [0.25, 0.3) is 0 Å². The van der Waals surface area contributed by atoms with Gasteiger partial charge in [-0.25, -0.2) is 0 Å². The summed E-state index contributed by atoms with van der Waals surface area (Å²) in [6.07, 6.45) is 2.65. The van der Waals surface area contributed by atoms with Gasteiger partial charge in [-0.1, -0.05) is 18.2 Å². The minimum atomic E-state index is -0.351. The number of para-hydroxylation sites is 1. The Morgan fingerprint density at radius 2 is 1.89 bits per heavy atom. The van der Waals surface area contributed by atoms with Crippen molar-refractivity contribution in [3.63, 3.8) is 0 Å². The smallest absolute Gasteiger partial charge is 0.0688 e. The summed E-state index contributed by atoms with van der Waals surface area (Å²) in [4.78, 5) is 0. The zero-order chi connectivity index (χ0) is 13.4. The second-order valence-electron chi connectivity index (χ2n) is 6.10. The molecule has 0 aliphatic carbocycles. The Kier molecular flexibility index (Phi) is 3.17. The Morgan fingerprint density at radius 1 is 1.22 bits per heavy atom. The van der Waals surface area contributed by atoms with Crippen LogP contribution in [0.1, 0.15) is 34.1 Å². The molecule has 18 heavy (non-hydrogen) atoms. The third-order valence-corrected chi connectivity index (χ3v) is 3.23. The van der Waals surface area contributed by atoms with E-state index in [9.17, 15) is 5.21 Å². The molecule has 1 aromatic heterocycles. The lowest BCUT2D eigenvalue weighted by atomic mass is 9.87. The second-order valence-corrected chi connectivity index (χ2v) is 6.10. The third kappa shape index (κ3) is 2.40. The van der Waals surface area contributed by atoms with Gasteiger partial charge in [0.1, 0.15) is 0 Å². The van der Waals surface area contributed by atoms with Crippen molar-refractivity contribution < 1.29 is 5.21 Å². The van der Waals surface area contributed by atoms with E-state index in [1.165, 1.54) is 0 Å². The fourth-order valence-electron chi connectivity index (χ4n) is 2.65. The maximum atomic E-state index is 9.19. The van der Waals surface area contributed by atoms with Gasteiger partial charge in [-0.3, -0.25) is 4.68 Å². The van der Waals surface area contributed by atoms with Crippen molar-refractivity contribution in [1.82, 2.24) is 15.3 Å². The van der Waals surface area contributed by atoms with Crippen LogP contribution in [-0.2, 0) is 5.54 Å². The first-order chi connectivity index (χ1) is 8.36. The Hall–Kier alpha value is -1.39. The molecule has 0 spiro atoms. The van der Waals surface area contributed by atoms with Crippen LogP contribution in [0.3, 0.4) is 0 Å². The highest BCUT2D eigenvalue weighted by Gasteiger charge is 2.31. The number of aromatic nitrogens is 2. The summed E-state index contributed by atoms with van der Waals surface area (Å²) in [5, 5.41) is 14.8. The third-order valence-electron chi connectivity index (χ3n) is 3.23. The molecule has 0 saturated carbocycles. The van der Waals surface area contributed by atoms with Crippen molar-refractivity contribution in [3.05, 3.63) is 30.5 Å². The minimum Gasteiger partial charge on any atom is -0.316 e. The summed E-state index contributed by atoms with van der Waals surface area (Å²) in [7, 11) is 0. The molecular weight excluding hydrogens is 226 g/mol. The fourth-order valence-corrected chi connectivity index (χ4v) is 2.65. The van der Waals surface area contributed by atoms with E-state index in [0.717, 1.165) is 17.3 Å².